The van der Waals surface area contributed by atoms with Crippen LogP contribution >= 0.6 is 11.8 Å². The first kappa shape index (κ1) is 14.3. The van der Waals surface area contributed by atoms with Crippen LogP contribution < -0.4 is 0 Å². The molecule has 0 aromatic carbocycles. The predicted octanol–water partition coefficient (Wildman–Crippen LogP) is 1.23. The van der Waals surface area contributed by atoms with Crippen molar-refractivity contribution in [1.82, 2.24) is 9.55 Å². The highest BCUT2D eigenvalue weighted by atomic mass is 32.2. The number of hydrogen-bond donors (Lipinski definition) is 0. The number of methoxy groups -OCH3 is 1. The van der Waals surface area contributed by atoms with Crippen molar-refractivity contribution >= 4 is 22.8 Å². The Bertz CT molecular complexity index is 511. The molecule has 0 N–H and O–H groups in total. The number of carbonyl (C=O) groups is 2. The minimum absolute atomic E-state index is 0.0858. The highest BCUT2D eigenvalue weighted by molar-refractivity contribution is 8.13. The Morgan fingerprint density at radius 1 is 1.56 bits per heavy atom. The van der Waals surface area contributed by atoms with Gasteiger partial charge in [0.1, 0.15) is 5.69 Å². The summed E-state index contributed by atoms with van der Waals surface area (Å²) in [5.41, 5.74) is 0.519. The van der Waals surface area contributed by atoms with Gasteiger partial charge in [0.15, 0.2) is 5.12 Å². The summed E-state index contributed by atoms with van der Waals surface area (Å²) < 4.78 is 6.16. The van der Waals surface area contributed by atoms with Crippen LogP contribution in [0.1, 0.15) is 29.7 Å². The third kappa shape index (κ3) is 4.26. The van der Waals surface area contributed by atoms with Crippen molar-refractivity contribution in [2.45, 2.75) is 13.3 Å². The molecule has 1 aromatic heterocycles. The lowest BCUT2D eigenvalue weighted by Gasteiger charge is -1.96. The molecular weight excluding hydrogens is 252 g/mol. The van der Waals surface area contributed by atoms with E-state index in [1.165, 1.54) is 25.8 Å². The number of aryl methyl sites for hydroxylation is 1. The Kier molecular flexibility index (Phi) is 5.46. The van der Waals surface area contributed by atoms with Gasteiger partial charge in [-0.15, -0.1) is 0 Å². The molecule has 18 heavy (non-hydrogen) atoms. The van der Waals surface area contributed by atoms with Crippen molar-refractivity contribution in [3.8, 4) is 11.8 Å². The zero-order valence-electron chi connectivity index (χ0n) is 10.5. The molecule has 0 atom stereocenters. The van der Waals surface area contributed by atoms with E-state index in [2.05, 4.69) is 21.6 Å². The van der Waals surface area contributed by atoms with Crippen LogP contribution in [0.2, 0.25) is 0 Å². The average molecular weight is 266 g/mol. The van der Waals surface area contributed by atoms with Gasteiger partial charge in [0.25, 0.3) is 0 Å². The van der Waals surface area contributed by atoms with E-state index in [1.807, 2.05) is 0 Å². The number of imidazole rings is 1. The summed E-state index contributed by atoms with van der Waals surface area (Å²) in [6, 6.07) is 0. The van der Waals surface area contributed by atoms with Gasteiger partial charge in [-0.05, 0) is 5.92 Å². The maximum atomic E-state index is 11.3. The van der Waals surface area contributed by atoms with Gasteiger partial charge in [0.2, 0.25) is 5.82 Å². The van der Waals surface area contributed by atoms with Gasteiger partial charge in [-0.1, -0.05) is 17.7 Å². The number of nitrogens with zero attached hydrogens (tertiary/aromatic N) is 2. The molecule has 1 heterocycles. The summed E-state index contributed by atoms with van der Waals surface area (Å²) in [7, 11) is 3.01. The highest BCUT2D eigenvalue weighted by Gasteiger charge is 2.12. The van der Waals surface area contributed by atoms with Crippen LogP contribution in [0.15, 0.2) is 6.20 Å². The van der Waals surface area contributed by atoms with Crippen LogP contribution in [-0.2, 0) is 16.6 Å². The molecule has 1 rings (SSSR count). The lowest BCUT2D eigenvalue weighted by Crippen LogP contribution is -2.08. The molecule has 0 unspecified atom stereocenters. The first-order valence-corrected chi connectivity index (χ1v) is 6.27. The zero-order valence-corrected chi connectivity index (χ0v) is 11.3. The normalized spacial score (nSPS) is 9.50. The molecule has 6 heteroatoms. The van der Waals surface area contributed by atoms with Crippen LogP contribution in [0.5, 0.6) is 0 Å². The van der Waals surface area contributed by atoms with Crippen molar-refractivity contribution in [2.75, 3.05) is 12.9 Å². The van der Waals surface area contributed by atoms with Crippen molar-refractivity contribution in [2.24, 2.45) is 7.05 Å². The molecule has 0 aliphatic carbocycles. The highest BCUT2D eigenvalue weighted by Crippen LogP contribution is 2.04. The summed E-state index contributed by atoms with van der Waals surface area (Å²) in [5.74, 6) is 6.15. The molecule has 0 aliphatic heterocycles. The number of rotatable bonds is 3. The zero-order chi connectivity index (χ0) is 13.5. The third-order valence-electron chi connectivity index (χ3n) is 1.99. The van der Waals surface area contributed by atoms with Crippen LogP contribution in [0.3, 0.4) is 0 Å². The van der Waals surface area contributed by atoms with Crippen molar-refractivity contribution < 1.29 is 14.3 Å². The smallest absolute Gasteiger partial charge is 0.374 e. The Morgan fingerprint density at radius 3 is 2.89 bits per heavy atom. The average Bonchev–Trinajstić information content (AvgIpc) is 2.69. The number of hydrogen-bond acceptors (Lipinski definition) is 5. The van der Waals surface area contributed by atoms with E-state index in [1.54, 1.807) is 17.8 Å². The monoisotopic (exact) mass is 266 g/mol. The number of thioether (sulfide) groups is 1. The molecule has 0 amide bonds. The summed E-state index contributed by atoms with van der Waals surface area (Å²) >= 11 is 1.24. The molecule has 0 saturated heterocycles. The Hall–Kier alpha value is -1.74. The molecule has 0 bridgehead atoms. The second kappa shape index (κ2) is 6.87. The summed E-state index contributed by atoms with van der Waals surface area (Å²) in [5, 5.41) is 0.0858. The number of aromatic nitrogens is 2. The Morgan fingerprint density at radius 2 is 2.28 bits per heavy atom. The van der Waals surface area contributed by atoms with Crippen LogP contribution in [-0.4, -0.2) is 33.5 Å². The lowest BCUT2D eigenvalue weighted by atomic mass is 10.4. The fraction of sp³-hybridized carbons (Fsp3) is 0.417. The molecule has 96 valence electrons. The van der Waals surface area contributed by atoms with Crippen LogP contribution in [0.25, 0.3) is 0 Å². The second-order valence-corrected chi connectivity index (χ2v) is 4.72. The summed E-state index contributed by atoms with van der Waals surface area (Å²) in [6.45, 7) is 1.53. The van der Waals surface area contributed by atoms with Crippen molar-refractivity contribution in [1.29, 1.82) is 0 Å². The molecular formula is C12H14N2O3S. The minimum atomic E-state index is -0.488. The van der Waals surface area contributed by atoms with E-state index in [9.17, 15) is 9.59 Å². The Labute approximate surface area is 110 Å². The maximum Gasteiger partial charge on any atom is 0.374 e. The van der Waals surface area contributed by atoms with E-state index in [0.717, 1.165) is 0 Å². The quantitative estimate of drug-likeness (QED) is 0.468. The van der Waals surface area contributed by atoms with Gasteiger partial charge < -0.3 is 9.30 Å². The van der Waals surface area contributed by atoms with Crippen LogP contribution in [0, 0.1) is 11.8 Å². The SMILES string of the molecule is COC(=O)c1nc(C#CCCSC(C)=O)cn1C. The molecule has 0 spiro atoms. The first-order valence-electron chi connectivity index (χ1n) is 5.28. The third-order valence-corrected chi connectivity index (χ3v) is 2.81. The lowest BCUT2D eigenvalue weighted by molar-refractivity contribution is -0.109. The fourth-order valence-corrected chi connectivity index (χ4v) is 1.70. The molecule has 5 nitrogen and oxygen atoms in total. The van der Waals surface area contributed by atoms with Gasteiger partial charge in [0, 0.05) is 32.3 Å². The van der Waals surface area contributed by atoms with E-state index < -0.39 is 5.97 Å². The van der Waals surface area contributed by atoms with Gasteiger partial charge in [-0.25, -0.2) is 9.78 Å². The van der Waals surface area contributed by atoms with Gasteiger partial charge in [-0.2, -0.15) is 0 Å². The molecule has 1 aromatic rings. The second-order valence-electron chi connectivity index (χ2n) is 3.44. The predicted molar refractivity (Wildman–Crippen MR) is 69.2 cm³/mol. The standard InChI is InChI=1S/C12H14N2O3S/c1-9(15)18-7-5-4-6-10-8-14(2)11(13-10)12(16)17-3/h8H,5,7H2,1-3H3. The largest absolute Gasteiger partial charge is 0.463 e. The molecule has 0 radical (unpaired) electrons. The molecule has 0 fully saturated rings. The summed E-state index contributed by atoms with van der Waals surface area (Å²) in [6.07, 6.45) is 2.27. The van der Waals surface area contributed by atoms with Crippen molar-refractivity contribution in [3.63, 3.8) is 0 Å². The maximum absolute atomic E-state index is 11.3. The van der Waals surface area contributed by atoms with Crippen LogP contribution in [0.4, 0.5) is 0 Å². The van der Waals surface area contributed by atoms with E-state index in [4.69, 9.17) is 0 Å². The summed E-state index contributed by atoms with van der Waals surface area (Å²) in [4.78, 5) is 26.0. The number of carbonyl (C=O) groups excluding carboxylic acids is 2. The number of ether oxygens (including phenoxy) is 1. The minimum Gasteiger partial charge on any atom is -0.463 e. The van der Waals surface area contributed by atoms with E-state index in [0.29, 0.717) is 17.9 Å². The molecule has 0 saturated carbocycles. The molecule has 0 aliphatic rings. The van der Waals surface area contributed by atoms with Gasteiger partial charge in [-0.3, -0.25) is 4.79 Å². The topological polar surface area (TPSA) is 61.2 Å². The van der Waals surface area contributed by atoms with Crippen molar-refractivity contribution in [3.05, 3.63) is 17.7 Å². The van der Waals surface area contributed by atoms with Gasteiger partial charge >= 0.3 is 5.97 Å². The Balaban J connectivity index is 2.61. The number of esters is 1. The fourth-order valence-electron chi connectivity index (χ4n) is 1.21. The first-order chi connectivity index (χ1) is 8.54. The van der Waals surface area contributed by atoms with E-state index in [-0.39, 0.29) is 10.9 Å². The van der Waals surface area contributed by atoms with E-state index >= 15 is 0 Å². The van der Waals surface area contributed by atoms with Gasteiger partial charge in [0.05, 0.1) is 7.11 Å².